The summed E-state index contributed by atoms with van der Waals surface area (Å²) >= 11 is 5.87. The van der Waals surface area contributed by atoms with Gasteiger partial charge < -0.3 is 30.1 Å². The first-order valence-electron chi connectivity index (χ1n) is 12.3. The standard InChI is InChI=1S/C24H23ClFN5O3.C4H8O/c1-31(8-9-34-2)7-3-4-23(33)30-21-11-17-20(12-22(21)32)28-14-15(13-27)24(17)29-16-5-6-19(26)18(25)10-16;1-2-4-5-3-1/h3-6,10-12,14,32H,7-9H2,1-2H3,(H,28,29)(H,30,33);1-4H2/b4-3+;. The molecule has 0 bridgehead atoms. The molecule has 3 aromatic rings. The number of aromatic nitrogens is 1. The molecule has 0 unspecified atom stereocenters. The second-order valence-electron chi connectivity index (χ2n) is 8.77. The van der Waals surface area contributed by atoms with Crippen molar-refractivity contribution in [3.8, 4) is 11.8 Å². The highest BCUT2D eigenvalue weighted by atomic mass is 35.5. The lowest BCUT2D eigenvalue weighted by Crippen LogP contribution is -2.23. The summed E-state index contributed by atoms with van der Waals surface area (Å²) in [5, 5.41) is 26.0. The van der Waals surface area contributed by atoms with E-state index in [9.17, 15) is 19.6 Å². The zero-order chi connectivity index (χ0) is 28.2. The van der Waals surface area contributed by atoms with Crippen molar-refractivity contribution < 1.29 is 23.8 Å². The average Bonchev–Trinajstić information content (AvgIpc) is 3.51. The number of methoxy groups -OCH3 is 1. The van der Waals surface area contributed by atoms with Crippen molar-refractivity contribution in [1.29, 1.82) is 5.26 Å². The van der Waals surface area contributed by atoms with Gasteiger partial charge in [-0.3, -0.25) is 9.78 Å². The number of fused-ring (bicyclic) bond motifs is 1. The number of benzene rings is 2. The zero-order valence-electron chi connectivity index (χ0n) is 21.8. The summed E-state index contributed by atoms with van der Waals surface area (Å²) in [6.07, 6.45) is 6.98. The van der Waals surface area contributed by atoms with Crippen LogP contribution in [0.15, 0.2) is 48.7 Å². The van der Waals surface area contributed by atoms with Gasteiger partial charge in [-0.15, -0.1) is 0 Å². The van der Waals surface area contributed by atoms with Crippen LogP contribution in [0.5, 0.6) is 5.75 Å². The van der Waals surface area contributed by atoms with Crippen LogP contribution in [0.2, 0.25) is 5.02 Å². The van der Waals surface area contributed by atoms with Gasteiger partial charge in [-0.25, -0.2) is 4.39 Å². The molecule has 1 aliphatic rings. The summed E-state index contributed by atoms with van der Waals surface area (Å²) in [5.41, 5.74) is 1.58. The van der Waals surface area contributed by atoms with E-state index in [1.165, 1.54) is 55.4 Å². The minimum absolute atomic E-state index is 0.0767. The topological polar surface area (TPSA) is 120 Å². The number of hydrogen-bond donors (Lipinski definition) is 3. The Kier molecular flexibility index (Phi) is 11.5. The molecule has 206 valence electrons. The number of nitrogens with zero attached hydrogens (tertiary/aromatic N) is 3. The molecule has 4 rings (SSSR count). The minimum Gasteiger partial charge on any atom is -0.506 e. The van der Waals surface area contributed by atoms with E-state index in [0.717, 1.165) is 19.8 Å². The number of carbonyl (C=O) groups is 1. The largest absolute Gasteiger partial charge is 0.506 e. The van der Waals surface area contributed by atoms with Crippen LogP contribution in [0.25, 0.3) is 10.9 Å². The molecule has 1 aromatic heterocycles. The number of nitriles is 1. The molecule has 3 N–H and O–H groups in total. The van der Waals surface area contributed by atoms with Crippen molar-refractivity contribution in [2.24, 2.45) is 0 Å². The van der Waals surface area contributed by atoms with E-state index in [1.807, 2.05) is 11.9 Å². The molecule has 1 saturated heterocycles. The highest BCUT2D eigenvalue weighted by molar-refractivity contribution is 6.31. The number of carbonyl (C=O) groups excluding carboxylic acids is 1. The molecule has 0 saturated carbocycles. The number of phenols is 1. The lowest BCUT2D eigenvalue weighted by atomic mass is 10.1. The number of pyridine rings is 1. The maximum absolute atomic E-state index is 13.5. The molecule has 2 aromatic carbocycles. The number of nitrogens with one attached hydrogen (secondary N) is 2. The number of rotatable bonds is 9. The summed E-state index contributed by atoms with van der Waals surface area (Å²) in [4.78, 5) is 18.6. The number of amides is 1. The van der Waals surface area contributed by atoms with Gasteiger partial charge in [0.05, 0.1) is 34.1 Å². The van der Waals surface area contributed by atoms with Crippen LogP contribution in [-0.2, 0) is 14.3 Å². The molecule has 0 spiro atoms. The molecule has 1 aliphatic heterocycles. The number of phenolic OH excluding ortho intramolecular Hbond substituents is 1. The van der Waals surface area contributed by atoms with Crippen LogP contribution >= 0.6 is 11.6 Å². The Balaban J connectivity index is 0.000000753. The Bertz CT molecular complexity index is 1350. The molecule has 11 heteroatoms. The van der Waals surface area contributed by atoms with Gasteiger partial charge in [0.15, 0.2) is 0 Å². The summed E-state index contributed by atoms with van der Waals surface area (Å²) < 4.78 is 23.5. The molecule has 0 aliphatic carbocycles. The molecule has 39 heavy (non-hydrogen) atoms. The first kappa shape index (κ1) is 29.8. The van der Waals surface area contributed by atoms with Crippen LogP contribution in [-0.4, -0.2) is 68.0 Å². The molecule has 9 nitrogen and oxygen atoms in total. The summed E-state index contributed by atoms with van der Waals surface area (Å²) in [5.74, 6) is -1.18. The predicted molar refractivity (Wildman–Crippen MR) is 150 cm³/mol. The van der Waals surface area contributed by atoms with Crippen molar-refractivity contribution >= 4 is 45.5 Å². The molecule has 1 amide bonds. The average molecular weight is 556 g/mol. The van der Waals surface area contributed by atoms with Crippen molar-refractivity contribution in [1.82, 2.24) is 9.88 Å². The van der Waals surface area contributed by atoms with Gasteiger partial charge in [-0.05, 0) is 44.2 Å². The Hall–Kier alpha value is -3.75. The van der Waals surface area contributed by atoms with Crippen LogP contribution in [0.1, 0.15) is 18.4 Å². The minimum atomic E-state index is -0.569. The van der Waals surface area contributed by atoms with E-state index < -0.39 is 11.7 Å². The van der Waals surface area contributed by atoms with Crippen molar-refractivity contribution in [2.75, 3.05) is 57.7 Å². The van der Waals surface area contributed by atoms with E-state index in [4.69, 9.17) is 21.1 Å². The van der Waals surface area contributed by atoms with Crippen LogP contribution < -0.4 is 10.6 Å². The number of ether oxygens (including phenoxy) is 2. The second kappa shape index (κ2) is 15.0. The number of likely N-dealkylation sites (N-methyl/N-ethyl adjacent to an activating group) is 1. The lowest BCUT2D eigenvalue weighted by Gasteiger charge is -2.14. The fourth-order valence-corrected chi connectivity index (χ4v) is 3.81. The van der Waals surface area contributed by atoms with Gasteiger partial charge in [-0.1, -0.05) is 17.7 Å². The third-order valence-corrected chi connectivity index (χ3v) is 6.03. The Morgan fingerprint density at radius 1 is 1.33 bits per heavy atom. The Morgan fingerprint density at radius 3 is 2.74 bits per heavy atom. The van der Waals surface area contributed by atoms with Crippen LogP contribution in [0.3, 0.4) is 0 Å². The smallest absolute Gasteiger partial charge is 0.248 e. The van der Waals surface area contributed by atoms with Crippen molar-refractivity contribution in [3.63, 3.8) is 0 Å². The number of hydrogen-bond acceptors (Lipinski definition) is 8. The van der Waals surface area contributed by atoms with Crippen molar-refractivity contribution in [2.45, 2.75) is 12.8 Å². The Labute approximate surface area is 231 Å². The number of anilines is 3. The number of halogens is 2. The predicted octanol–water partition coefficient (Wildman–Crippen LogP) is 5.22. The zero-order valence-corrected chi connectivity index (χ0v) is 22.6. The van der Waals surface area contributed by atoms with Gasteiger partial charge in [0, 0.05) is 62.8 Å². The first-order valence-corrected chi connectivity index (χ1v) is 12.7. The third kappa shape index (κ3) is 8.90. The summed E-state index contributed by atoms with van der Waals surface area (Å²) in [7, 11) is 3.52. The van der Waals surface area contributed by atoms with Crippen LogP contribution in [0, 0.1) is 17.1 Å². The Morgan fingerprint density at radius 2 is 2.10 bits per heavy atom. The molecular weight excluding hydrogens is 525 g/mol. The normalized spacial score (nSPS) is 12.8. The highest BCUT2D eigenvalue weighted by Crippen LogP contribution is 2.35. The van der Waals surface area contributed by atoms with Crippen LogP contribution in [0.4, 0.5) is 21.5 Å². The highest BCUT2D eigenvalue weighted by Gasteiger charge is 2.14. The SMILES string of the molecule is C1CCOC1.COCCN(C)C/C=C/C(=O)Nc1cc2c(Nc3ccc(F)c(Cl)c3)c(C#N)cnc2cc1O. The molecule has 1 fully saturated rings. The van der Waals surface area contributed by atoms with Gasteiger partial charge >= 0.3 is 0 Å². The summed E-state index contributed by atoms with van der Waals surface area (Å²) in [6, 6.07) is 9.03. The molecule has 0 atom stereocenters. The van der Waals surface area contributed by atoms with Gasteiger partial charge in [0.1, 0.15) is 17.6 Å². The third-order valence-electron chi connectivity index (χ3n) is 5.74. The maximum atomic E-state index is 13.5. The van der Waals surface area contributed by atoms with E-state index in [-0.39, 0.29) is 22.0 Å². The molecular formula is C28H31ClFN5O4. The van der Waals surface area contributed by atoms with E-state index in [2.05, 4.69) is 21.7 Å². The quantitative estimate of drug-likeness (QED) is 0.243. The van der Waals surface area contributed by atoms with E-state index in [0.29, 0.717) is 35.4 Å². The lowest BCUT2D eigenvalue weighted by molar-refractivity contribution is -0.111. The fourth-order valence-electron chi connectivity index (χ4n) is 3.63. The molecule has 0 radical (unpaired) electrons. The summed E-state index contributed by atoms with van der Waals surface area (Å²) in [6.45, 7) is 3.85. The monoisotopic (exact) mass is 555 g/mol. The molecule has 2 heterocycles. The number of aromatic hydroxyl groups is 1. The van der Waals surface area contributed by atoms with Gasteiger partial charge in [0.2, 0.25) is 5.91 Å². The van der Waals surface area contributed by atoms with Gasteiger partial charge in [-0.2, -0.15) is 5.26 Å². The van der Waals surface area contributed by atoms with E-state index >= 15 is 0 Å². The second-order valence-corrected chi connectivity index (χ2v) is 9.17. The fraction of sp³-hybridized carbons (Fsp3) is 0.321. The first-order chi connectivity index (χ1) is 18.8. The van der Waals surface area contributed by atoms with Gasteiger partial charge in [0.25, 0.3) is 0 Å². The maximum Gasteiger partial charge on any atom is 0.248 e. The van der Waals surface area contributed by atoms with E-state index in [1.54, 1.807) is 13.2 Å². The van der Waals surface area contributed by atoms with Crippen molar-refractivity contribution in [3.05, 3.63) is 65.1 Å².